The number of hydrogen-bond donors (Lipinski definition) is 1. The summed E-state index contributed by atoms with van der Waals surface area (Å²) in [6.07, 6.45) is 0. The van der Waals surface area contributed by atoms with Crippen molar-refractivity contribution in [1.29, 1.82) is 0 Å². The van der Waals surface area contributed by atoms with E-state index >= 15 is 0 Å². The summed E-state index contributed by atoms with van der Waals surface area (Å²) < 4.78 is 13.0. The Kier molecular flexibility index (Phi) is 4.86. The lowest BCUT2D eigenvalue weighted by atomic mass is 10.2. The molecule has 0 radical (unpaired) electrons. The first-order valence-electron chi connectivity index (χ1n) is 5.78. The number of amides is 2. The lowest BCUT2D eigenvalue weighted by molar-refractivity contribution is -0.141. The Hall–Kier alpha value is -2.11. The minimum atomic E-state index is -1.07. The van der Waals surface area contributed by atoms with Gasteiger partial charge in [0.1, 0.15) is 11.9 Å². The van der Waals surface area contributed by atoms with Gasteiger partial charge in [0.15, 0.2) is 0 Å². The number of nitrogens with zero attached hydrogens (tertiary/aromatic N) is 2. The van der Waals surface area contributed by atoms with E-state index in [1.165, 1.54) is 38.1 Å². The van der Waals surface area contributed by atoms with Crippen LogP contribution in [0.4, 0.5) is 9.18 Å². The average Bonchev–Trinajstić information content (AvgIpc) is 2.35. The number of urea groups is 1. The summed E-state index contributed by atoms with van der Waals surface area (Å²) >= 11 is 0. The Bertz CT molecular complexity index is 479. The van der Waals surface area contributed by atoms with E-state index in [9.17, 15) is 14.0 Å². The Morgan fingerprint density at radius 3 is 2.53 bits per heavy atom. The molecular weight excluding hydrogens is 251 g/mol. The smallest absolute Gasteiger partial charge is 0.326 e. The van der Waals surface area contributed by atoms with E-state index in [2.05, 4.69) is 0 Å². The normalized spacial score (nSPS) is 11.8. The standard InChI is InChI=1S/C13H17FN2O3/c1-9(12(17)18)16(3)13(19)15(2)8-10-5-4-6-11(14)7-10/h4-7,9H,8H2,1-3H3,(H,17,18). The van der Waals surface area contributed by atoms with Crippen LogP contribution in [0.5, 0.6) is 0 Å². The molecule has 0 aliphatic heterocycles. The van der Waals surface area contributed by atoms with Gasteiger partial charge in [0, 0.05) is 20.6 Å². The van der Waals surface area contributed by atoms with Crippen LogP contribution in [0.25, 0.3) is 0 Å². The van der Waals surface area contributed by atoms with Crippen molar-refractivity contribution in [3.05, 3.63) is 35.6 Å². The van der Waals surface area contributed by atoms with Crippen LogP contribution in [-0.4, -0.2) is 47.0 Å². The molecule has 0 saturated heterocycles. The highest BCUT2D eigenvalue weighted by atomic mass is 19.1. The molecule has 6 heteroatoms. The molecule has 1 aromatic rings. The van der Waals surface area contributed by atoms with Crippen LogP contribution in [0.2, 0.25) is 0 Å². The zero-order chi connectivity index (χ0) is 14.6. The van der Waals surface area contributed by atoms with Crippen molar-refractivity contribution in [2.75, 3.05) is 14.1 Å². The van der Waals surface area contributed by atoms with Gasteiger partial charge >= 0.3 is 12.0 Å². The lowest BCUT2D eigenvalue weighted by Gasteiger charge is -2.27. The number of carbonyl (C=O) groups excluding carboxylic acids is 1. The molecule has 0 heterocycles. The van der Waals surface area contributed by atoms with Crippen LogP contribution >= 0.6 is 0 Å². The van der Waals surface area contributed by atoms with E-state index in [4.69, 9.17) is 5.11 Å². The summed E-state index contributed by atoms with van der Waals surface area (Å²) in [4.78, 5) is 25.2. The van der Waals surface area contributed by atoms with Gasteiger partial charge in [0.05, 0.1) is 0 Å². The monoisotopic (exact) mass is 268 g/mol. The fourth-order valence-corrected chi connectivity index (χ4v) is 1.58. The molecule has 1 atom stereocenters. The number of hydrogen-bond acceptors (Lipinski definition) is 2. The van der Waals surface area contributed by atoms with Crippen LogP contribution in [0, 0.1) is 5.82 Å². The molecule has 1 rings (SSSR count). The third-order valence-electron chi connectivity index (χ3n) is 2.88. The zero-order valence-electron chi connectivity index (χ0n) is 11.1. The molecular formula is C13H17FN2O3. The van der Waals surface area contributed by atoms with Crippen LogP contribution in [0.3, 0.4) is 0 Å². The fourth-order valence-electron chi connectivity index (χ4n) is 1.58. The molecule has 0 bridgehead atoms. The number of likely N-dealkylation sites (N-methyl/N-ethyl adjacent to an activating group) is 1. The second-order valence-electron chi connectivity index (χ2n) is 4.39. The number of aliphatic carboxylic acids is 1. The minimum Gasteiger partial charge on any atom is -0.480 e. The van der Waals surface area contributed by atoms with Gasteiger partial charge in [-0.2, -0.15) is 0 Å². The van der Waals surface area contributed by atoms with Gasteiger partial charge in [-0.05, 0) is 24.6 Å². The third kappa shape index (κ3) is 3.94. The lowest BCUT2D eigenvalue weighted by Crippen LogP contribution is -2.46. The first kappa shape index (κ1) is 14.9. The van der Waals surface area contributed by atoms with Crippen molar-refractivity contribution in [2.45, 2.75) is 19.5 Å². The summed E-state index contributed by atoms with van der Waals surface area (Å²) in [5.41, 5.74) is 0.646. The second-order valence-corrected chi connectivity index (χ2v) is 4.39. The minimum absolute atomic E-state index is 0.216. The van der Waals surface area contributed by atoms with Crippen molar-refractivity contribution < 1.29 is 19.1 Å². The SMILES string of the molecule is CC(C(=O)O)N(C)C(=O)N(C)Cc1cccc(F)c1. The summed E-state index contributed by atoms with van der Waals surface area (Å²) in [5, 5.41) is 8.85. The van der Waals surface area contributed by atoms with Gasteiger partial charge in [0.25, 0.3) is 0 Å². The van der Waals surface area contributed by atoms with E-state index < -0.39 is 18.0 Å². The number of benzene rings is 1. The summed E-state index contributed by atoms with van der Waals surface area (Å²) in [5.74, 6) is -1.44. The molecule has 104 valence electrons. The number of carbonyl (C=O) groups is 2. The van der Waals surface area contributed by atoms with Gasteiger partial charge in [0.2, 0.25) is 0 Å². The predicted molar refractivity (Wildman–Crippen MR) is 68.1 cm³/mol. The molecule has 0 spiro atoms. The van der Waals surface area contributed by atoms with E-state index in [-0.39, 0.29) is 12.4 Å². The first-order valence-corrected chi connectivity index (χ1v) is 5.78. The van der Waals surface area contributed by atoms with Gasteiger partial charge in [-0.3, -0.25) is 0 Å². The molecule has 0 aliphatic carbocycles. The van der Waals surface area contributed by atoms with Crippen LogP contribution < -0.4 is 0 Å². The topological polar surface area (TPSA) is 60.9 Å². The fraction of sp³-hybridized carbons (Fsp3) is 0.385. The Labute approximate surface area is 111 Å². The highest BCUT2D eigenvalue weighted by molar-refractivity contribution is 5.82. The summed E-state index contributed by atoms with van der Waals surface area (Å²) in [6.45, 7) is 1.64. The molecule has 0 aromatic heterocycles. The molecule has 1 unspecified atom stereocenters. The van der Waals surface area contributed by atoms with Gasteiger partial charge in [-0.25, -0.2) is 14.0 Å². The molecule has 1 N–H and O–H groups in total. The number of rotatable bonds is 4. The Morgan fingerprint density at radius 1 is 1.37 bits per heavy atom. The third-order valence-corrected chi connectivity index (χ3v) is 2.88. The van der Waals surface area contributed by atoms with Crippen LogP contribution in [0.15, 0.2) is 24.3 Å². The number of halogens is 1. The molecule has 0 aliphatic rings. The zero-order valence-corrected chi connectivity index (χ0v) is 11.1. The second kappa shape index (κ2) is 6.17. The molecule has 0 saturated carbocycles. The van der Waals surface area contributed by atoms with Crippen LogP contribution in [0.1, 0.15) is 12.5 Å². The van der Waals surface area contributed by atoms with Gasteiger partial charge in [-0.15, -0.1) is 0 Å². The highest BCUT2D eigenvalue weighted by Crippen LogP contribution is 2.09. The summed E-state index contributed by atoms with van der Waals surface area (Å²) in [7, 11) is 2.96. The highest BCUT2D eigenvalue weighted by Gasteiger charge is 2.24. The maximum atomic E-state index is 13.0. The number of carboxylic acid groups (broad SMARTS) is 1. The maximum Gasteiger partial charge on any atom is 0.326 e. The molecule has 19 heavy (non-hydrogen) atoms. The molecule has 5 nitrogen and oxygen atoms in total. The van der Waals surface area contributed by atoms with Crippen molar-refractivity contribution in [2.24, 2.45) is 0 Å². The van der Waals surface area contributed by atoms with E-state index in [1.54, 1.807) is 12.1 Å². The van der Waals surface area contributed by atoms with Crippen molar-refractivity contribution in [3.63, 3.8) is 0 Å². The first-order chi connectivity index (χ1) is 8.82. The maximum absolute atomic E-state index is 13.0. The Morgan fingerprint density at radius 2 is 2.00 bits per heavy atom. The van der Waals surface area contributed by atoms with Gasteiger partial charge in [-0.1, -0.05) is 12.1 Å². The molecule has 0 fully saturated rings. The van der Waals surface area contributed by atoms with Crippen molar-refractivity contribution in [1.82, 2.24) is 9.80 Å². The number of carboxylic acids is 1. The van der Waals surface area contributed by atoms with Crippen LogP contribution in [-0.2, 0) is 11.3 Å². The van der Waals surface area contributed by atoms with Crippen molar-refractivity contribution in [3.8, 4) is 0 Å². The molecule has 2 amide bonds. The average molecular weight is 268 g/mol. The van der Waals surface area contributed by atoms with E-state index in [0.29, 0.717) is 5.56 Å². The summed E-state index contributed by atoms with van der Waals surface area (Å²) in [6, 6.07) is 4.58. The van der Waals surface area contributed by atoms with Crippen molar-refractivity contribution >= 4 is 12.0 Å². The molecule has 1 aromatic carbocycles. The van der Waals surface area contributed by atoms with E-state index in [1.807, 2.05) is 0 Å². The largest absolute Gasteiger partial charge is 0.480 e. The van der Waals surface area contributed by atoms with E-state index in [0.717, 1.165) is 4.90 Å². The predicted octanol–water partition coefficient (Wildman–Crippen LogP) is 1.78. The van der Waals surface area contributed by atoms with Gasteiger partial charge < -0.3 is 14.9 Å². The quantitative estimate of drug-likeness (QED) is 0.905. The Balaban J connectivity index is 2.70.